The van der Waals surface area contributed by atoms with Crippen LogP contribution in [-0.2, 0) is 4.79 Å². The van der Waals surface area contributed by atoms with Crippen LogP contribution in [0.3, 0.4) is 0 Å². The standard InChI is InChI=1S/C14H21N3O2/c1-10-12(15)3-2-4-13(10)16-14(19)9-17(7-8-18)11-5-6-11/h2-4,11,18H,5-9,15H2,1H3,(H,16,19). The van der Waals surface area contributed by atoms with Crippen molar-refractivity contribution in [1.82, 2.24) is 4.90 Å². The third-order valence-electron chi connectivity index (χ3n) is 3.45. The molecule has 19 heavy (non-hydrogen) atoms. The number of carbonyl (C=O) groups is 1. The van der Waals surface area contributed by atoms with Crippen molar-refractivity contribution in [2.24, 2.45) is 0 Å². The van der Waals surface area contributed by atoms with E-state index in [0.29, 0.717) is 24.8 Å². The molecule has 2 rings (SSSR count). The molecule has 0 aliphatic heterocycles. The summed E-state index contributed by atoms with van der Waals surface area (Å²) in [4.78, 5) is 14.0. The Bertz CT molecular complexity index is 458. The molecule has 5 nitrogen and oxygen atoms in total. The highest BCUT2D eigenvalue weighted by atomic mass is 16.3. The Hall–Kier alpha value is -1.59. The third-order valence-corrected chi connectivity index (χ3v) is 3.45. The van der Waals surface area contributed by atoms with Gasteiger partial charge in [0, 0.05) is 24.0 Å². The predicted molar refractivity (Wildman–Crippen MR) is 75.9 cm³/mol. The molecule has 1 saturated carbocycles. The average Bonchev–Trinajstić information content (AvgIpc) is 3.19. The van der Waals surface area contributed by atoms with Crippen LogP contribution in [0, 0.1) is 6.92 Å². The first-order valence-corrected chi connectivity index (χ1v) is 6.61. The molecule has 1 fully saturated rings. The fraction of sp³-hybridized carbons (Fsp3) is 0.500. The van der Waals surface area contributed by atoms with Crippen molar-refractivity contribution in [3.8, 4) is 0 Å². The zero-order valence-corrected chi connectivity index (χ0v) is 11.2. The van der Waals surface area contributed by atoms with E-state index in [1.165, 1.54) is 0 Å². The van der Waals surface area contributed by atoms with Gasteiger partial charge in [0.25, 0.3) is 0 Å². The van der Waals surface area contributed by atoms with Gasteiger partial charge in [0.05, 0.1) is 13.2 Å². The van der Waals surface area contributed by atoms with E-state index < -0.39 is 0 Å². The Balaban J connectivity index is 1.94. The van der Waals surface area contributed by atoms with E-state index in [4.69, 9.17) is 10.8 Å². The maximum atomic E-state index is 12.0. The van der Waals surface area contributed by atoms with Crippen molar-refractivity contribution in [3.05, 3.63) is 23.8 Å². The normalized spacial score (nSPS) is 14.7. The van der Waals surface area contributed by atoms with E-state index in [1.54, 1.807) is 0 Å². The highest BCUT2D eigenvalue weighted by Crippen LogP contribution is 2.26. The monoisotopic (exact) mass is 263 g/mol. The second-order valence-electron chi connectivity index (χ2n) is 4.99. The van der Waals surface area contributed by atoms with E-state index in [0.717, 1.165) is 24.1 Å². The molecule has 0 radical (unpaired) electrons. The number of nitrogens with two attached hydrogens (primary N) is 1. The predicted octanol–water partition coefficient (Wildman–Crippen LogP) is 0.972. The van der Waals surface area contributed by atoms with Gasteiger partial charge in [0.2, 0.25) is 5.91 Å². The van der Waals surface area contributed by atoms with Gasteiger partial charge >= 0.3 is 0 Å². The highest BCUT2D eigenvalue weighted by Gasteiger charge is 2.29. The molecule has 0 saturated heterocycles. The lowest BCUT2D eigenvalue weighted by molar-refractivity contribution is -0.117. The first kappa shape index (κ1) is 13.8. The number of rotatable bonds is 6. The number of aliphatic hydroxyl groups excluding tert-OH is 1. The van der Waals surface area contributed by atoms with Crippen LogP contribution in [0.25, 0.3) is 0 Å². The van der Waals surface area contributed by atoms with Crippen molar-refractivity contribution in [3.63, 3.8) is 0 Å². The Morgan fingerprint density at radius 1 is 1.53 bits per heavy atom. The van der Waals surface area contributed by atoms with E-state index in [1.807, 2.05) is 30.0 Å². The Morgan fingerprint density at radius 2 is 2.26 bits per heavy atom. The zero-order chi connectivity index (χ0) is 13.8. The number of hydrogen-bond donors (Lipinski definition) is 3. The van der Waals surface area contributed by atoms with Gasteiger partial charge in [-0.05, 0) is 37.5 Å². The summed E-state index contributed by atoms with van der Waals surface area (Å²) in [6, 6.07) is 5.94. The lowest BCUT2D eigenvalue weighted by Crippen LogP contribution is -2.36. The molecule has 0 unspecified atom stereocenters. The maximum absolute atomic E-state index is 12.0. The van der Waals surface area contributed by atoms with Crippen LogP contribution in [0.5, 0.6) is 0 Å². The zero-order valence-electron chi connectivity index (χ0n) is 11.2. The SMILES string of the molecule is Cc1c(N)cccc1NC(=O)CN(CCO)C1CC1. The number of aliphatic hydroxyl groups is 1. The number of carbonyl (C=O) groups excluding carboxylic acids is 1. The minimum absolute atomic E-state index is 0.0611. The third kappa shape index (κ3) is 3.68. The number of hydrogen-bond acceptors (Lipinski definition) is 4. The smallest absolute Gasteiger partial charge is 0.238 e. The summed E-state index contributed by atoms with van der Waals surface area (Å²) in [5.74, 6) is -0.0611. The van der Waals surface area contributed by atoms with Gasteiger partial charge in [-0.3, -0.25) is 9.69 Å². The second-order valence-corrected chi connectivity index (χ2v) is 4.99. The largest absolute Gasteiger partial charge is 0.398 e. The number of amides is 1. The van der Waals surface area contributed by atoms with Gasteiger partial charge in [-0.1, -0.05) is 6.07 Å². The van der Waals surface area contributed by atoms with Crippen LogP contribution >= 0.6 is 0 Å². The van der Waals surface area contributed by atoms with E-state index in [9.17, 15) is 4.79 Å². The fourth-order valence-electron chi connectivity index (χ4n) is 2.12. The quantitative estimate of drug-likeness (QED) is 0.668. The molecule has 0 aromatic heterocycles. The topological polar surface area (TPSA) is 78.6 Å². The van der Waals surface area contributed by atoms with Gasteiger partial charge in [-0.25, -0.2) is 0 Å². The summed E-state index contributed by atoms with van der Waals surface area (Å²) in [7, 11) is 0. The minimum Gasteiger partial charge on any atom is -0.398 e. The van der Waals surface area contributed by atoms with Gasteiger partial charge < -0.3 is 16.2 Å². The molecule has 0 heterocycles. The number of nitrogens with one attached hydrogen (secondary N) is 1. The molecule has 1 aliphatic rings. The van der Waals surface area contributed by atoms with E-state index >= 15 is 0 Å². The molecule has 0 bridgehead atoms. The molecule has 1 aromatic carbocycles. The van der Waals surface area contributed by atoms with Crippen LogP contribution in [0.15, 0.2) is 18.2 Å². The van der Waals surface area contributed by atoms with Gasteiger partial charge in [0.1, 0.15) is 0 Å². The van der Waals surface area contributed by atoms with Crippen molar-refractivity contribution in [2.45, 2.75) is 25.8 Å². The molecular formula is C14H21N3O2. The summed E-state index contributed by atoms with van der Waals surface area (Å²) in [5, 5.41) is 11.9. The van der Waals surface area contributed by atoms with Gasteiger partial charge in [-0.15, -0.1) is 0 Å². The lowest BCUT2D eigenvalue weighted by atomic mass is 10.1. The molecule has 104 valence electrons. The Labute approximate surface area is 113 Å². The van der Waals surface area contributed by atoms with Crippen LogP contribution in [0.2, 0.25) is 0 Å². The van der Waals surface area contributed by atoms with Crippen molar-refractivity contribution in [1.29, 1.82) is 0 Å². The summed E-state index contributed by atoms with van der Waals surface area (Å²) in [6.07, 6.45) is 2.23. The summed E-state index contributed by atoms with van der Waals surface area (Å²) in [5.41, 5.74) is 8.12. The second kappa shape index (κ2) is 6.04. The van der Waals surface area contributed by atoms with Crippen LogP contribution in [-0.4, -0.2) is 41.7 Å². The number of nitrogens with zero attached hydrogens (tertiary/aromatic N) is 1. The molecule has 0 atom stereocenters. The van der Waals surface area contributed by atoms with Crippen molar-refractivity contribution >= 4 is 17.3 Å². The number of anilines is 2. The number of nitrogen functional groups attached to an aromatic ring is 1. The van der Waals surface area contributed by atoms with Crippen LogP contribution in [0.4, 0.5) is 11.4 Å². The van der Waals surface area contributed by atoms with Crippen molar-refractivity contribution < 1.29 is 9.90 Å². The number of benzene rings is 1. The molecule has 1 aliphatic carbocycles. The van der Waals surface area contributed by atoms with Crippen LogP contribution in [0.1, 0.15) is 18.4 Å². The molecular weight excluding hydrogens is 242 g/mol. The molecule has 4 N–H and O–H groups in total. The van der Waals surface area contributed by atoms with Crippen LogP contribution < -0.4 is 11.1 Å². The van der Waals surface area contributed by atoms with E-state index in [2.05, 4.69) is 5.32 Å². The summed E-state index contributed by atoms with van der Waals surface area (Å²) < 4.78 is 0. The fourth-order valence-corrected chi connectivity index (χ4v) is 2.12. The van der Waals surface area contributed by atoms with Gasteiger partial charge in [0.15, 0.2) is 0 Å². The Morgan fingerprint density at radius 3 is 2.89 bits per heavy atom. The van der Waals surface area contributed by atoms with E-state index in [-0.39, 0.29) is 12.5 Å². The first-order valence-electron chi connectivity index (χ1n) is 6.61. The highest BCUT2D eigenvalue weighted by molar-refractivity contribution is 5.93. The Kier molecular flexibility index (Phi) is 4.39. The molecule has 1 aromatic rings. The lowest BCUT2D eigenvalue weighted by Gasteiger charge is -2.20. The summed E-state index contributed by atoms with van der Waals surface area (Å²) >= 11 is 0. The first-order chi connectivity index (χ1) is 9.11. The average molecular weight is 263 g/mol. The molecule has 5 heteroatoms. The minimum atomic E-state index is -0.0611. The van der Waals surface area contributed by atoms with Crippen molar-refractivity contribution in [2.75, 3.05) is 30.7 Å². The maximum Gasteiger partial charge on any atom is 0.238 e. The molecule has 1 amide bonds. The van der Waals surface area contributed by atoms with Gasteiger partial charge in [-0.2, -0.15) is 0 Å². The summed E-state index contributed by atoms with van der Waals surface area (Å²) in [6.45, 7) is 2.84. The molecule has 0 spiro atoms.